The van der Waals surface area contributed by atoms with E-state index in [1.807, 2.05) is 0 Å². The highest BCUT2D eigenvalue weighted by Gasteiger charge is 2.30. The largest absolute Gasteiger partial charge is 0.328 e. The standard InChI is InChI=1S/C17H12ClN3O3S/c18-13-5-1-11(2-6-13)9-15-16(22)20(17(25)19-15)10-12-3-7-14(8-4-12)21(23)24/h1-9H,10H2,(H,19,25)/b15-9-. The molecule has 2 aromatic carbocycles. The Morgan fingerprint density at radius 3 is 2.40 bits per heavy atom. The maximum absolute atomic E-state index is 12.5. The summed E-state index contributed by atoms with van der Waals surface area (Å²) in [6, 6.07) is 13.1. The maximum Gasteiger partial charge on any atom is 0.276 e. The van der Waals surface area contributed by atoms with Gasteiger partial charge in [-0.15, -0.1) is 0 Å². The molecule has 1 aliphatic rings. The van der Waals surface area contributed by atoms with Crippen molar-refractivity contribution in [3.05, 3.63) is 80.5 Å². The second kappa shape index (κ2) is 7.00. The summed E-state index contributed by atoms with van der Waals surface area (Å²) in [5.41, 5.74) is 1.94. The molecular weight excluding hydrogens is 362 g/mol. The number of thiocarbonyl (C=S) groups is 1. The molecule has 1 aliphatic heterocycles. The van der Waals surface area contributed by atoms with Gasteiger partial charge >= 0.3 is 0 Å². The molecule has 0 atom stereocenters. The van der Waals surface area contributed by atoms with E-state index in [2.05, 4.69) is 5.32 Å². The van der Waals surface area contributed by atoms with E-state index in [4.69, 9.17) is 23.8 Å². The number of hydrogen-bond donors (Lipinski definition) is 1. The zero-order valence-electron chi connectivity index (χ0n) is 12.8. The lowest BCUT2D eigenvalue weighted by Gasteiger charge is -2.13. The van der Waals surface area contributed by atoms with Crippen LogP contribution >= 0.6 is 23.8 Å². The van der Waals surface area contributed by atoms with Gasteiger partial charge in [0.25, 0.3) is 11.6 Å². The third-order valence-corrected chi connectivity index (χ3v) is 4.21. The quantitative estimate of drug-likeness (QED) is 0.384. The number of benzene rings is 2. The van der Waals surface area contributed by atoms with Gasteiger partial charge in [0.2, 0.25) is 0 Å². The molecule has 0 spiro atoms. The van der Waals surface area contributed by atoms with Gasteiger partial charge in [-0.2, -0.15) is 0 Å². The molecule has 1 amide bonds. The van der Waals surface area contributed by atoms with Crippen molar-refractivity contribution in [2.45, 2.75) is 6.54 Å². The van der Waals surface area contributed by atoms with E-state index in [-0.39, 0.29) is 18.1 Å². The van der Waals surface area contributed by atoms with Crippen LogP contribution in [0.1, 0.15) is 11.1 Å². The van der Waals surface area contributed by atoms with Crippen molar-refractivity contribution >= 4 is 46.6 Å². The molecule has 0 bridgehead atoms. The number of carbonyl (C=O) groups excluding carboxylic acids is 1. The lowest BCUT2D eigenvalue weighted by Crippen LogP contribution is -2.29. The summed E-state index contributed by atoms with van der Waals surface area (Å²) in [4.78, 5) is 24.2. The van der Waals surface area contributed by atoms with Crippen LogP contribution in [0.15, 0.2) is 54.2 Å². The van der Waals surface area contributed by atoms with Crippen molar-refractivity contribution in [3.8, 4) is 0 Å². The Labute approximate surface area is 153 Å². The number of rotatable bonds is 4. The zero-order chi connectivity index (χ0) is 18.0. The van der Waals surface area contributed by atoms with E-state index in [1.165, 1.54) is 17.0 Å². The second-order valence-corrected chi connectivity index (χ2v) is 6.18. The molecule has 0 saturated carbocycles. The average Bonchev–Trinajstić information content (AvgIpc) is 2.85. The summed E-state index contributed by atoms with van der Waals surface area (Å²) >= 11 is 11.1. The number of amides is 1. The molecule has 6 nitrogen and oxygen atoms in total. The van der Waals surface area contributed by atoms with E-state index < -0.39 is 4.92 Å². The molecule has 1 heterocycles. The molecule has 0 radical (unpaired) electrons. The van der Waals surface area contributed by atoms with Crippen molar-refractivity contribution in [2.24, 2.45) is 0 Å². The van der Waals surface area contributed by atoms with Crippen LogP contribution in [0.2, 0.25) is 5.02 Å². The molecule has 3 rings (SSSR count). The Bertz CT molecular complexity index is 879. The molecule has 126 valence electrons. The number of nitro benzene ring substituents is 1. The van der Waals surface area contributed by atoms with E-state index >= 15 is 0 Å². The third-order valence-electron chi connectivity index (χ3n) is 3.63. The summed E-state index contributed by atoms with van der Waals surface area (Å²) in [5.74, 6) is -0.252. The summed E-state index contributed by atoms with van der Waals surface area (Å²) < 4.78 is 0. The fourth-order valence-corrected chi connectivity index (χ4v) is 2.73. The van der Waals surface area contributed by atoms with Gasteiger partial charge in [0.1, 0.15) is 5.70 Å². The third kappa shape index (κ3) is 3.84. The molecule has 1 fully saturated rings. The molecule has 0 aliphatic carbocycles. The van der Waals surface area contributed by atoms with Gasteiger partial charge in [-0.3, -0.25) is 19.8 Å². The van der Waals surface area contributed by atoms with Crippen molar-refractivity contribution < 1.29 is 9.72 Å². The van der Waals surface area contributed by atoms with Gasteiger partial charge in [-0.25, -0.2) is 0 Å². The van der Waals surface area contributed by atoms with Gasteiger partial charge in [0.05, 0.1) is 11.5 Å². The van der Waals surface area contributed by atoms with Crippen molar-refractivity contribution in [3.63, 3.8) is 0 Å². The lowest BCUT2D eigenvalue weighted by molar-refractivity contribution is -0.384. The smallest absolute Gasteiger partial charge is 0.276 e. The van der Waals surface area contributed by atoms with Crippen molar-refractivity contribution in [1.29, 1.82) is 0 Å². The molecule has 0 unspecified atom stereocenters. The topological polar surface area (TPSA) is 75.5 Å². The Kier molecular flexibility index (Phi) is 4.78. The first kappa shape index (κ1) is 17.1. The summed E-state index contributed by atoms with van der Waals surface area (Å²) in [7, 11) is 0. The molecule has 0 aromatic heterocycles. The van der Waals surface area contributed by atoms with Gasteiger partial charge in [0.15, 0.2) is 5.11 Å². The Hall–Kier alpha value is -2.77. The van der Waals surface area contributed by atoms with E-state index in [1.54, 1.807) is 42.5 Å². The Morgan fingerprint density at radius 2 is 1.80 bits per heavy atom. The molecular formula is C17H12ClN3O3S. The van der Waals surface area contributed by atoms with Crippen LogP contribution in [0.5, 0.6) is 0 Å². The SMILES string of the molecule is O=C1/C(=C/c2ccc(Cl)cc2)NC(=S)N1Cc1ccc([N+](=O)[O-])cc1. The van der Waals surface area contributed by atoms with Gasteiger partial charge in [-0.05, 0) is 41.6 Å². The molecule has 2 aromatic rings. The molecule has 1 saturated heterocycles. The summed E-state index contributed by atoms with van der Waals surface area (Å²) in [6.45, 7) is 0.237. The molecule has 25 heavy (non-hydrogen) atoms. The predicted molar refractivity (Wildman–Crippen MR) is 98.8 cm³/mol. The monoisotopic (exact) mass is 373 g/mol. The first-order valence-corrected chi connectivity index (χ1v) is 8.06. The number of nitrogens with one attached hydrogen (secondary N) is 1. The number of nitro groups is 1. The second-order valence-electron chi connectivity index (χ2n) is 5.35. The number of non-ortho nitro benzene ring substituents is 1. The van der Waals surface area contributed by atoms with Crippen LogP contribution in [-0.4, -0.2) is 20.8 Å². The minimum absolute atomic E-state index is 0.000484. The van der Waals surface area contributed by atoms with Crippen LogP contribution in [0.4, 0.5) is 5.69 Å². The van der Waals surface area contributed by atoms with Crippen LogP contribution in [0, 0.1) is 10.1 Å². The Balaban J connectivity index is 1.77. The lowest BCUT2D eigenvalue weighted by atomic mass is 10.2. The fraction of sp³-hybridized carbons (Fsp3) is 0.0588. The van der Waals surface area contributed by atoms with E-state index in [9.17, 15) is 14.9 Å². The van der Waals surface area contributed by atoms with Crippen molar-refractivity contribution in [2.75, 3.05) is 0 Å². The van der Waals surface area contributed by atoms with Crippen LogP contribution in [0.3, 0.4) is 0 Å². The van der Waals surface area contributed by atoms with Crippen LogP contribution in [0.25, 0.3) is 6.08 Å². The number of nitrogens with zero attached hydrogens (tertiary/aromatic N) is 2. The van der Waals surface area contributed by atoms with Crippen LogP contribution < -0.4 is 5.32 Å². The predicted octanol–water partition coefficient (Wildman–Crippen LogP) is 3.51. The van der Waals surface area contributed by atoms with Gasteiger partial charge < -0.3 is 5.32 Å². The first-order valence-electron chi connectivity index (χ1n) is 7.27. The molecule has 1 N–H and O–H groups in total. The van der Waals surface area contributed by atoms with E-state index in [0.29, 0.717) is 15.8 Å². The summed E-state index contributed by atoms with van der Waals surface area (Å²) in [5, 5.41) is 14.5. The van der Waals surface area contributed by atoms with Gasteiger partial charge in [0, 0.05) is 17.2 Å². The highest BCUT2D eigenvalue weighted by molar-refractivity contribution is 7.80. The first-order chi connectivity index (χ1) is 11.9. The normalized spacial score (nSPS) is 15.6. The van der Waals surface area contributed by atoms with Crippen LogP contribution in [-0.2, 0) is 11.3 Å². The zero-order valence-corrected chi connectivity index (χ0v) is 14.4. The summed E-state index contributed by atoms with van der Waals surface area (Å²) in [6.07, 6.45) is 1.70. The number of halogens is 1. The van der Waals surface area contributed by atoms with Crippen molar-refractivity contribution in [1.82, 2.24) is 10.2 Å². The van der Waals surface area contributed by atoms with Gasteiger partial charge in [-0.1, -0.05) is 35.9 Å². The minimum atomic E-state index is -0.468. The highest BCUT2D eigenvalue weighted by Crippen LogP contribution is 2.19. The van der Waals surface area contributed by atoms with E-state index in [0.717, 1.165) is 11.1 Å². The average molecular weight is 374 g/mol. The fourth-order valence-electron chi connectivity index (χ4n) is 2.35. The highest BCUT2D eigenvalue weighted by atomic mass is 35.5. The maximum atomic E-state index is 12.5. The number of carbonyl (C=O) groups is 1. The molecule has 8 heteroatoms. The number of hydrogen-bond acceptors (Lipinski definition) is 4. The Morgan fingerprint density at radius 1 is 1.16 bits per heavy atom. The minimum Gasteiger partial charge on any atom is -0.328 e.